The Kier molecular flexibility index (Phi) is 4.59. The lowest BCUT2D eigenvalue weighted by Gasteiger charge is -2.35. The van der Waals surface area contributed by atoms with Gasteiger partial charge in [0.1, 0.15) is 5.69 Å². The molecular formula is C15H23BrN2O2. The molecule has 1 fully saturated rings. The topological polar surface area (TPSA) is 43.3 Å². The third kappa shape index (κ3) is 3.64. The van der Waals surface area contributed by atoms with Crippen LogP contribution in [0.1, 0.15) is 57.1 Å². The average molecular weight is 343 g/mol. The molecule has 5 heteroatoms. The van der Waals surface area contributed by atoms with Crippen LogP contribution in [-0.2, 0) is 4.74 Å². The summed E-state index contributed by atoms with van der Waals surface area (Å²) in [6.07, 6.45) is 3.68. The van der Waals surface area contributed by atoms with Gasteiger partial charge in [0.05, 0.1) is 5.60 Å². The summed E-state index contributed by atoms with van der Waals surface area (Å²) in [4.78, 5) is 12.5. The predicted molar refractivity (Wildman–Crippen MR) is 83.0 cm³/mol. The number of aromatic nitrogens is 1. The lowest BCUT2D eigenvalue weighted by atomic mass is 9.94. The van der Waals surface area contributed by atoms with E-state index in [0.717, 1.165) is 17.3 Å². The van der Waals surface area contributed by atoms with E-state index in [1.54, 1.807) is 0 Å². The van der Waals surface area contributed by atoms with Gasteiger partial charge in [0.25, 0.3) is 5.91 Å². The monoisotopic (exact) mass is 342 g/mol. The molecule has 0 aromatic carbocycles. The predicted octanol–water partition coefficient (Wildman–Crippen LogP) is 3.52. The van der Waals surface area contributed by atoms with Crippen molar-refractivity contribution in [3.05, 3.63) is 22.4 Å². The molecule has 1 aliphatic rings. The highest BCUT2D eigenvalue weighted by atomic mass is 79.9. The first kappa shape index (κ1) is 15.6. The highest BCUT2D eigenvalue weighted by molar-refractivity contribution is 9.10. The smallest absolute Gasteiger partial charge is 0.268 e. The van der Waals surface area contributed by atoms with E-state index in [9.17, 15) is 4.79 Å². The van der Waals surface area contributed by atoms with Crippen LogP contribution in [0, 0.1) is 0 Å². The van der Waals surface area contributed by atoms with Crippen molar-refractivity contribution >= 4 is 21.8 Å². The highest BCUT2D eigenvalue weighted by Gasteiger charge is 2.30. The van der Waals surface area contributed by atoms with E-state index >= 15 is 0 Å². The number of nitrogens with zero attached hydrogens (tertiary/aromatic N) is 1. The molecular weight excluding hydrogens is 320 g/mol. The molecule has 2 rings (SSSR count). The molecule has 0 aliphatic carbocycles. The number of carbonyl (C=O) groups is 1. The van der Waals surface area contributed by atoms with Crippen LogP contribution in [0.3, 0.4) is 0 Å². The van der Waals surface area contributed by atoms with E-state index in [0.29, 0.717) is 12.3 Å². The number of hydrogen-bond acceptors (Lipinski definition) is 2. The normalized spacial score (nSPS) is 22.0. The molecule has 1 aromatic rings. The van der Waals surface area contributed by atoms with Crippen molar-refractivity contribution in [2.24, 2.45) is 0 Å². The van der Waals surface area contributed by atoms with Crippen LogP contribution in [0.2, 0.25) is 0 Å². The second-order valence-corrected chi connectivity index (χ2v) is 7.23. The van der Waals surface area contributed by atoms with Crippen LogP contribution in [0.4, 0.5) is 0 Å². The van der Waals surface area contributed by atoms with Crippen LogP contribution >= 0.6 is 15.9 Å². The number of carbonyl (C=O) groups excluding carboxylic acids is 1. The minimum Gasteiger partial charge on any atom is -0.375 e. The molecule has 112 valence electrons. The molecule has 1 saturated heterocycles. The zero-order valence-corrected chi connectivity index (χ0v) is 14.2. The van der Waals surface area contributed by atoms with Crippen molar-refractivity contribution < 1.29 is 9.53 Å². The number of rotatable bonds is 3. The van der Waals surface area contributed by atoms with E-state index in [-0.39, 0.29) is 23.6 Å². The third-order valence-electron chi connectivity index (χ3n) is 3.64. The number of hydrogen-bond donors (Lipinski definition) is 1. The summed E-state index contributed by atoms with van der Waals surface area (Å²) in [5, 5.41) is 3.14. The molecule has 0 spiro atoms. The maximum absolute atomic E-state index is 12.5. The maximum atomic E-state index is 12.5. The molecule has 0 bridgehead atoms. The molecule has 4 nitrogen and oxygen atoms in total. The number of amides is 1. The van der Waals surface area contributed by atoms with Crippen LogP contribution in [0.15, 0.2) is 16.7 Å². The van der Waals surface area contributed by atoms with Gasteiger partial charge in [0.2, 0.25) is 0 Å². The number of halogens is 1. The summed E-state index contributed by atoms with van der Waals surface area (Å²) in [5.41, 5.74) is 0.549. The standard InChI is InChI=1S/C15H23BrN2O2/c1-10(2)18-9-11(16)7-13(18)14(19)17-12-5-6-20-15(3,4)8-12/h7,9-10,12H,5-6,8H2,1-4H3,(H,17,19). The Morgan fingerprint density at radius 3 is 2.85 bits per heavy atom. The van der Waals surface area contributed by atoms with Gasteiger partial charge < -0.3 is 14.6 Å². The van der Waals surface area contributed by atoms with Gasteiger partial charge in [-0.15, -0.1) is 0 Å². The van der Waals surface area contributed by atoms with Gasteiger partial charge in [-0.05, 0) is 62.5 Å². The van der Waals surface area contributed by atoms with Crippen molar-refractivity contribution in [3.63, 3.8) is 0 Å². The SMILES string of the molecule is CC(C)n1cc(Br)cc1C(=O)NC1CCOC(C)(C)C1. The Hall–Kier alpha value is -0.810. The fraction of sp³-hybridized carbons (Fsp3) is 0.667. The number of ether oxygens (including phenoxy) is 1. The lowest BCUT2D eigenvalue weighted by Crippen LogP contribution is -2.46. The maximum Gasteiger partial charge on any atom is 0.268 e. The van der Waals surface area contributed by atoms with Gasteiger partial charge in [0.15, 0.2) is 0 Å². The number of nitrogens with one attached hydrogen (secondary N) is 1. The third-order valence-corrected chi connectivity index (χ3v) is 4.07. The molecule has 1 amide bonds. The largest absolute Gasteiger partial charge is 0.375 e. The van der Waals surface area contributed by atoms with Gasteiger partial charge >= 0.3 is 0 Å². The minimum atomic E-state index is -0.156. The minimum absolute atomic E-state index is 0.00731. The summed E-state index contributed by atoms with van der Waals surface area (Å²) in [6, 6.07) is 2.31. The molecule has 0 radical (unpaired) electrons. The molecule has 1 aliphatic heterocycles. The van der Waals surface area contributed by atoms with Crippen LogP contribution in [0.5, 0.6) is 0 Å². The fourth-order valence-corrected chi connectivity index (χ4v) is 3.11. The molecule has 0 saturated carbocycles. The fourth-order valence-electron chi connectivity index (χ4n) is 2.67. The first-order chi connectivity index (χ1) is 9.28. The second kappa shape index (κ2) is 5.90. The Balaban J connectivity index is 2.09. The molecule has 1 atom stereocenters. The molecule has 20 heavy (non-hydrogen) atoms. The van der Waals surface area contributed by atoms with Crippen LogP contribution in [-0.4, -0.2) is 28.7 Å². The first-order valence-electron chi connectivity index (χ1n) is 7.11. The zero-order chi connectivity index (χ0) is 14.9. The van der Waals surface area contributed by atoms with Crippen molar-refractivity contribution in [2.75, 3.05) is 6.61 Å². The van der Waals surface area contributed by atoms with E-state index in [1.165, 1.54) is 0 Å². The quantitative estimate of drug-likeness (QED) is 0.913. The van der Waals surface area contributed by atoms with Gasteiger partial charge in [-0.25, -0.2) is 0 Å². The molecule has 1 N–H and O–H groups in total. The first-order valence-corrected chi connectivity index (χ1v) is 7.90. The van der Waals surface area contributed by atoms with Gasteiger partial charge in [-0.2, -0.15) is 0 Å². The lowest BCUT2D eigenvalue weighted by molar-refractivity contribution is -0.0615. The van der Waals surface area contributed by atoms with Gasteiger partial charge in [0, 0.05) is 29.4 Å². The summed E-state index contributed by atoms with van der Waals surface area (Å²) in [5.74, 6) is -0.00731. The Labute approximate surface area is 129 Å². The van der Waals surface area contributed by atoms with E-state index in [2.05, 4.69) is 48.9 Å². The molecule has 1 unspecified atom stereocenters. The van der Waals surface area contributed by atoms with Gasteiger partial charge in [-0.3, -0.25) is 4.79 Å². The second-order valence-electron chi connectivity index (χ2n) is 6.32. The van der Waals surface area contributed by atoms with Crippen molar-refractivity contribution in [3.8, 4) is 0 Å². The Morgan fingerprint density at radius 1 is 1.55 bits per heavy atom. The summed E-state index contributed by atoms with van der Waals surface area (Å²) >= 11 is 3.44. The van der Waals surface area contributed by atoms with Crippen LogP contribution in [0.25, 0.3) is 0 Å². The summed E-state index contributed by atoms with van der Waals surface area (Å²) in [7, 11) is 0. The van der Waals surface area contributed by atoms with Crippen molar-refractivity contribution in [1.29, 1.82) is 0 Å². The van der Waals surface area contributed by atoms with Gasteiger partial charge in [-0.1, -0.05) is 0 Å². The van der Waals surface area contributed by atoms with E-state index in [1.807, 2.05) is 16.8 Å². The van der Waals surface area contributed by atoms with E-state index in [4.69, 9.17) is 4.74 Å². The average Bonchev–Trinajstić information content (AvgIpc) is 2.70. The highest BCUT2D eigenvalue weighted by Crippen LogP contribution is 2.25. The van der Waals surface area contributed by atoms with E-state index < -0.39 is 0 Å². The molecule has 1 aromatic heterocycles. The van der Waals surface area contributed by atoms with Crippen LogP contribution < -0.4 is 5.32 Å². The molecule has 2 heterocycles. The zero-order valence-electron chi connectivity index (χ0n) is 12.6. The van der Waals surface area contributed by atoms with Crippen molar-refractivity contribution in [2.45, 2.75) is 58.2 Å². The summed E-state index contributed by atoms with van der Waals surface area (Å²) < 4.78 is 8.61. The summed E-state index contributed by atoms with van der Waals surface area (Å²) in [6.45, 7) is 8.98. The van der Waals surface area contributed by atoms with Crippen molar-refractivity contribution in [1.82, 2.24) is 9.88 Å². The Bertz CT molecular complexity index is 494. The Morgan fingerprint density at radius 2 is 2.25 bits per heavy atom.